The summed E-state index contributed by atoms with van der Waals surface area (Å²) in [5.41, 5.74) is 2.23. The van der Waals surface area contributed by atoms with Crippen molar-refractivity contribution in [2.45, 2.75) is 33.1 Å². The van der Waals surface area contributed by atoms with Crippen molar-refractivity contribution in [3.8, 4) is 11.5 Å². The number of thiazole rings is 1. The Morgan fingerprint density at radius 2 is 1.76 bits per heavy atom. The molecule has 3 rings (SSSR count). The summed E-state index contributed by atoms with van der Waals surface area (Å²) < 4.78 is 11.5. The second-order valence-electron chi connectivity index (χ2n) is 7.80. The van der Waals surface area contributed by atoms with Gasteiger partial charge in [-0.1, -0.05) is 44.2 Å². The Bertz CT molecular complexity index is 1010. The zero-order valence-corrected chi connectivity index (χ0v) is 21.7. The lowest BCUT2D eigenvalue weighted by molar-refractivity contribution is 0.102. The van der Waals surface area contributed by atoms with Crippen molar-refractivity contribution in [2.75, 3.05) is 38.7 Å². The summed E-state index contributed by atoms with van der Waals surface area (Å²) in [5.74, 6) is 1.02. The third-order valence-corrected chi connectivity index (χ3v) is 6.00. The second kappa shape index (κ2) is 14.6. The van der Waals surface area contributed by atoms with E-state index in [0.29, 0.717) is 35.9 Å². The highest BCUT2D eigenvalue weighted by Gasteiger charge is 2.14. The van der Waals surface area contributed by atoms with E-state index in [1.807, 2.05) is 24.3 Å². The van der Waals surface area contributed by atoms with Crippen LogP contribution in [-0.2, 0) is 6.42 Å². The summed E-state index contributed by atoms with van der Waals surface area (Å²) in [6, 6.07) is 15.5. The largest absolute Gasteiger partial charge is 0.493 e. The van der Waals surface area contributed by atoms with Gasteiger partial charge in [0, 0.05) is 30.1 Å². The predicted molar refractivity (Wildman–Crippen MR) is 142 cm³/mol. The monoisotopic (exact) mass is 503 g/mol. The Labute approximate surface area is 212 Å². The van der Waals surface area contributed by atoms with Gasteiger partial charge in [-0.05, 0) is 43.6 Å². The van der Waals surface area contributed by atoms with Crippen molar-refractivity contribution in [1.82, 2.24) is 9.88 Å². The summed E-state index contributed by atoms with van der Waals surface area (Å²) >= 11 is 1.49. The number of anilines is 1. The summed E-state index contributed by atoms with van der Waals surface area (Å²) in [7, 11) is 1.62. The van der Waals surface area contributed by atoms with E-state index in [0.717, 1.165) is 37.5 Å². The van der Waals surface area contributed by atoms with Gasteiger partial charge in [0.15, 0.2) is 11.5 Å². The predicted octanol–water partition coefficient (Wildman–Crippen LogP) is 5.92. The van der Waals surface area contributed by atoms with Crippen LogP contribution in [0.2, 0.25) is 0 Å². The van der Waals surface area contributed by atoms with Gasteiger partial charge in [0.2, 0.25) is 0 Å². The lowest BCUT2D eigenvalue weighted by Gasteiger charge is -2.21. The molecule has 1 N–H and O–H groups in total. The van der Waals surface area contributed by atoms with Crippen molar-refractivity contribution in [1.29, 1.82) is 0 Å². The van der Waals surface area contributed by atoms with Crippen LogP contribution in [-0.4, -0.2) is 49.1 Å². The zero-order valence-electron chi connectivity index (χ0n) is 20.1. The highest BCUT2D eigenvalue weighted by atomic mass is 35.5. The van der Waals surface area contributed by atoms with Crippen LogP contribution in [0, 0.1) is 0 Å². The number of halogens is 1. The number of benzene rings is 2. The van der Waals surface area contributed by atoms with Crippen molar-refractivity contribution >= 4 is 35.3 Å². The van der Waals surface area contributed by atoms with E-state index in [-0.39, 0.29) is 18.3 Å². The minimum atomic E-state index is -0.237. The van der Waals surface area contributed by atoms with E-state index < -0.39 is 0 Å². The molecule has 0 fully saturated rings. The summed E-state index contributed by atoms with van der Waals surface area (Å²) in [5, 5.41) is 5.63. The second-order valence-corrected chi connectivity index (χ2v) is 8.74. The maximum absolute atomic E-state index is 12.7. The maximum atomic E-state index is 12.7. The average Bonchev–Trinajstić information content (AvgIpc) is 3.29. The molecule has 184 valence electrons. The van der Waals surface area contributed by atoms with Gasteiger partial charge in [0.1, 0.15) is 12.3 Å². The van der Waals surface area contributed by atoms with Gasteiger partial charge in [-0.25, -0.2) is 4.98 Å². The Balaban J connectivity index is 0.00000408. The number of nitrogens with one attached hydrogen (secondary N) is 1. The topological polar surface area (TPSA) is 63.7 Å². The molecule has 0 bridgehead atoms. The van der Waals surface area contributed by atoms with Gasteiger partial charge >= 0.3 is 0 Å². The van der Waals surface area contributed by atoms with Crippen LogP contribution in [0.15, 0.2) is 53.9 Å². The number of rotatable bonds is 13. The molecule has 6 nitrogen and oxygen atoms in total. The molecule has 8 heteroatoms. The molecule has 3 aromatic rings. The SMILES string of the molecule is CCCN(CCC)CCOc1cc(NC(=O)c2csc(Cc3ccccc3)n2)ccc1OC.Cl. The van der Waals surface area contributed by atoms with E-state index in [2.05, 4.69) is 41.2 Å². The van der Waals surface area contributed by atoms with E-state index >= 15 is 0 Å². The highest BCUT2D eigenvalue weighted by Crippen LogP contribution is 2.30. The third-order valence-electron chi connectivity index (χ3n) is 5.15. The lowest BCUT2D eigenvalue weighted by atomic mass is 10.2. The maximum Gasteiger partial charge on any atom is 0.275 e. The highest BCUT2D eigenvalue weighted by molar-refractivity contribution is 7.09. The summed E-state index contributed by atoms with van der Waals surface area (Å²) in [4.78, 5) is 19.7. The number of ether oxygens (including phenoxy) is 2. The van der Waals surface area contributed by atoms with E-state index in [1.165, 1.54) is 16.9 Å². The van der Waals surface area contributed by atoms with Gasteiger partial charge in [0.25, 0.3) is 5.91 Å². The van der Waals surface area contributed by atoms with Gasteiger partial charge < -0.3 is 14.8 Å². The molecule has 0 saturated heterocycles. The Morgan fingerprint density at radius 1 is 1.03 bits per heavy atom. The molecule has 34 heavy (non-hydrogen) atoms. The molecule has 0 atom stereocenters. The first-order chi connectivity index (χ1) is 16.1. The number of methoxy groups -OCH3 is 1. The number of carbonyl (C=O) groups excluding carboxylic acids is 1. The Hall–Kier alpha value is -2.61. The van der Waals surface area contributed by atoms with Crippen molar-refractivity contribution in [3.05, 3.63) is 70.2 Å². The number of aromatic nitrogens is 1. The first-order valence-corrected chi connectivity index (χ1v) is 12.3. The zero-order chi connectivity index (χ0) is 23.5. The normalized spacial score (nSPS) is 10.6. The molecular formula is C26H34ClN3O3S. The Kier molecular flexibility index (Phi) is 11.9. The van der Waals surface area contributed by atoms with Crippen LogP contribution in [0.1, 0.15) is 47.7 Å². The van der Waals surface area contributed by atoms with E-state index in [1.54, 1.807) is 24.6 Å². The van der Waals surface area contributed by atoms with Gasteiger partial charge in [0.05, 0.1) is 12.1 Å². The molecule has 0 radical (unpaired) electrons. The average molecular weight is 504 g/mol. The minimum absolute atomic E-state index is 0. The third kappa shape index (κ3) is 8.31. The van der Waals surface area contributed by atoms with E-state index in [9.17, 15) is 4.79 Å². The van der Waals surface area contributed by atoms with Gasteiger partial charge in [-0.2, -0.15) is 0 Å². The fourth-order valence-corrected chi connectivity index (χ4v) is 4.39. The molecule has 1 heterocycles. The Morgan fingerprint density at radius 3 is 2.44 bits per heavy atom. The molecule has 1 amide bonds. The summed E-state index contributed by atoms with van der Waals surface area (Å²) in [6.45, 7) is 7.90. The van der Waals surface area contributed by atoms with Crippen LogP contribution in [0.4, 0.5) is 5.69 Å². The van der Waals surface area contributed by atoms with Crippen LogP contribution in [0.25, 0.3) is 0 Å². The lowest BCUT2D eigenvalue weighted by Crippen LogP contribution is -2.30. The number of carbonyl (C=O) groups is 1. The van der Waals surface area contributed by atoms with Crippen LogP contribution in [0.3, 0.4) is 0 Å². The molecule has 1 aromatic heterocycles. The molecule has 0 saturated carbocycles. The number of nitrogens with zero attached hydrogens (tertiary/aromatic N) is 2. The van der Waals surface area contributed by atoms with Gasteiger partial charge in [-0.3, -0.25) is 9.69 Å². The van der Waals surface area contributed by atoms with Gasteiger partial charge in [-0.15, -0.1) is 23.7 Å². The van der Waals surface area contributed by atoms with Crippen LogP contribution in [0.5, 0.6) is 11.5 Å². The number of hydrogen-bond donors (Lipinski definition) is 1. The smallest absolute Gasteiger partial charge is 0.275 e. The molecule has 0 aliphatic heterocycles. The first kappa shape index (κ1) is 27.6. The molecule has 0 aliphatic carbocycles. The standard InChI is InChI=1S/C26H33N3O3S.ClH/c1-4-13-29(14-5-2)15-16-32-24-18-21(11-12-23(24)31-3)27-26(30)22-19-33-25(28-22)17-20-9-7-6-8-10-20;/h6-12,18-19H,4-5,13-17H2,1-3H3,(H,27,30);1H. The van der Waals surface area contributed by atoms with Crippen LogP contribution >= 0.6 is 23.7 Å². The minimum Gasteiger partial charge on any atom is -0.493 e. The fourth-order valence-electron chi connectivity index (χ4n) is 3.58. The van der Waals surface area contributed by atoms with Crippen molar-refractivity contribution in [2.24, 2.45) is 0 Å². The number of hydrogen-bond acceptors (Lipinski definition) is 6. The molecular weight excluding hydrogens is 470 g/mol. The molecule has 2 aromatic carbocycles. The first-order valence-electron chi connectivity index (χ1n) is 11.5. The van der Waals surface area contributed by atoms with E-state index in [4.69, 9.17) is 9.47 Å². The number of amides is 1. The van der Waals surface area contributed by atoms with Crippen molar-refractivity contribution in [3.63, 3.8) is 0 Å². The molecule has 0 unspecified atom stereocenters. The summed E-state index contributed by atoms with van der Waals surface area (Å²) in [6.07, 6.45) is 2.95. The van der Waals surface area contributed by atoms with Crippen molar-refractivity contribution < 1.29 is 14.3 Å². The molecule has 0 aliphatic rings. The fraction of sp³-hybridized carbons (Fsp3) is 0.385. The quantitative estimate of drug-likeness (QED) is 0.314. The molecule has 0 spiro atoms. The van der Waals surface area contributed by atoms with Crippen LogP contribution < -0.4 is 14.8 Å².